The van der Waals surface area contributed by atoms with E-state index >= 15 is 0 Å². The first-order valence-corrected chi connectivity index (χ1v) is 8.37. The van der Waals surface area contributed by atoms with E-state index < -0.39 is 0 Å². The van der Waals surface area contributed by atoms with Gasteiger partial charge >= 0.3 is 0 Å². The summed E-state index contributed by atoms with van der Waals surface area (Å²) in [6, 6.07) is 11.1. The van der Waals surface area contributed by atoms with Crippen molar-refractivity contribution < 1.29 is 4.74 Å². The smallest absolute Gasteiger partial charge is 0.168 e. The number of para-hydroxylation sites is 2. The van der Waals surface area contributed by atoms with Crippen molar-refractivity contribution in [1.29, 1.82) is 0 Å². The number of benzene rings is 1. The quantitative estimate of drug-likeness (QED) is 0.325. The summed E-state index contributed by atoms with van der Waals surface area (Å²) in [5, 5.41) is 9.79. The van der Waals surface area contributed by atoms with Crippen LogP contribution in [0.3, 0.4) is 0 Å². The monoisotopic (exact) mass is 379 g/mol. The van der Waals surface area contributed by atoms with Crippen LogP contribution in [-0.2, 0) is 0 Å². The minimum atomic E-state index is 0.432. The Kier molecular flexibility index (Phi) is 4.63. The van der Waals surface area contributed by atoms with Crippen LogP contribution in [0, 0.1) is 0 Å². The van der Waals surface area contributed by atoms with Crippen LogP contribution in [0.2, 0.25) is 5.15 Å². The third-order valence-electron chi connectivity index (χ3n) is 3.81. The van der Waals surface area contributed by atoms with Crippen molar-refractivity contribution in [2.45, 2.75) is 0 Å². The average molecular weight is 380 g/mol. The lowest BCUT2D eigenvalue weighted by Gasteiger charge is -2.08. The Labute approximate surface area is 159 Å². The molecule has 1 N–H and O–H groups in total. The number of methoxy groups -OCH3 is 1. The fraction of sp³-hybridized carbons (Fsp3) is 0.0556. The molecule has 8 nitrogen and oxygen atoms in total. The standard InChI is InChI=1S/C18H14ClN7O/c1-27-15-5-3-2-4-14(15)26-18-13(10-24-26)17(21-11-22-18)25-23-9-12-6-7-16(19)20-8-12/h2-11H,1H3,(H,21,22,25). The second-order valence-electron chi connectivity index (χ2n) is 5.47. The van der Waals surface area contributed by atoms with Crippen molar-refractivity contribution in [2.24, 2.45) is 5.10 Å². The van der Waals surface area contributed by atoms with E-state index in [0.717, 1.165) is 16.6 Å². The molecule has 0 fully saturated rings. The van der Waals surface area contributed by atoms with Gasteiger partial charge in [-0.25, -0.2) is 19.6 Å². The number of aromatic nitrogens is 5. The fourth-order valence-corrected chi connectivity index (χ4v) is 2.66. The summed E-state index contributed by atoms with van der Waals surface area (Å²) in [6.45, 7) is 0. The van der Waals surface area contributed by atoms with Gasteiger partial charge in [-0.1, -0.05) is 23.7 Å². The van der Waals surface area contributed by atoms with Gasteiger partial charge in [-0.05, 0) is 24.3 Å². The van der Waals surface area contributed by atoms with Crippen molar-refractivity contribution in [2.75, 3.05) is 12.5 Å². The molecular weight excluding hydrogens is 366 g/mol. The zero-order valence-corrected chi connectivity index (χ0v) is 15.0. The maximum atomic E-state index is 5.78. The third-order valence-corrected chi connectivity index (χ3v) is 4.04. The molecule has 0 aliphatic rings. The molecule has 9 heteroatoms. The van der Waals surface area contributed by atoms with Gasteiger partial charge in [0.2, 0.25) is 0 Å². The van der Waals surface area contributed by atoms with Gasteiger partial charge in [0.25, 0.3) is 0 Å². The van der Waals surface area contributed by atoms with E-state index in [9.17, 15) is 0 Å². The molecule has 3 heterocycles. The average Bonchev–Trinajstić information content (AvgIpc) is 3.14. The summed E-state index contributed by atoms with van der Waals surface area (Å²) in [7, 11) is 1.62. The number of pyridine rings is 1. The van der Waals surface area contributed by atoms with Crippen LogP contribution in [0.15, 0.2) is 60.2 Å². The Hall–Kier alpha value is -3.52. The SMILES string of the molecule is COc1ccccc1-n1ncc2c(NN=Cc3ccc(Cl)nc3)ncnc21. The van der Waals surface area contributed by atoms with Crippen LogP contribution in [0.4, 0.5) is 5.82 Å². The maximum Gasteiger partial charge on any atom is 0.168 e. The molecule has 0 unspecified atom stereocenters. The van der Waals surface area contributed by atoms with Crippen LogP contribution in [0.1, 0.15) is 5.56 Å². The molecule has 0 aliphatic heterocycles. The molecule has 0 saturated heterocycles. The molecule has 27 heavy (non-hydrogen) atoms. The maximum absolute atomic E-state index is 5.78. The summed E-state index contributed by atoms with van der Waals surface area (Å²) in [4.78, 5) is 12.6. The van der Waals surface area contributed by atoms with Crippen LogP contribution in [0.25, 0.3) is 16.7 Å². The summed E-state index contributed by atoms with van der Waals surface area (Å²) in [5.74, 6) is 1.24. The molecular formula is C18H14ClN7O. The molecule has 3 aromatic heterocycles. The van der Waals surface area contributed by atoms with E-state index in [1.54, 1.807) is 36.5 Å². The van der Waals surface area contributed by atoms with Gasteiger partial charge in [-0.2, -0.15) is 10.2 Å². The number of halogens is 1. The first-order valence-electron chi connectivity index (χ1n) is 7.99. The summed E-state index contributed by atoms with van der Waals surface area (Å²) in [5.41, 5.74) is 5.15. The van der Waals surface area contributed by atoms with Gasteiger partial charge in [0.1, 0.15) is 22.9 Å². The topological polar surface area (TPSA) is 90.1 Å². The Morgan fingerprint density at radius 1 is 1.11 bits per heavy atom. The molecule has 0 saturated carbocycles. The molecule has 4 aromatic rings. The molecule has 0 amide bonds. The second kappa shape index (κ2) is 7.38. The first-order chi connectivity index (χ1) is 13.3. The van der Waals surface area contributed by atoms with E-state index in [1.807, 2.05) is 30.3 Å². The van der Waals surface area contributed by atoms with E-state index in [1.165, 1.54) is 6.33 Å². The van der Waals surface area contributed by atoms with Crippen LogP contribution >= 0.6 is 11.6 Å². The predicted molar refractivity (Wildman–Crippen MR) is 104 cm³/mol. The minimum absolute atomic E-state index is 0.432. The molecule has 0 spiro atoms. The van der Waals surface area contributed by atoms with Gasteiger partial charge in [0.15, 0.2) is 11.5 Å². The second-order valence-corrected chi connectivity index (χ2v) is 5.86. The largest absolute Gasteiger partial charge is 0.494 e. The Balaban J connectivity index is 1.65. The highest BCUT2D eigenvalue weighted by Crippen LogP contribution is 2.26. The zero-order valence-electron chi connectivity index (χ0n) is 14.2. The van der Waals surface area contributed by atoms with Gasteiger partial charge in [-0.15, -0.1) is 0 Å². The van der Waals surface area contributed by atoms with E-state index in [2.05, 4.69) is 30.6 Å². The number of nitrogens with one attached hydrogen (secondary N) is 1. The highest BCUT2D eigenvalue weighted by molar-refractivity contribution is 6.29. The molecule has 4 rings (SSSR count). The molecule has 0 atom stereocenters. The lowest BCUT2D eigenvalue weighted by molar-refractivity contribution is 0.412. The molecule has 0 radical (unpaired) electrons. The highest BCUT2D eigenvalue weighted by Gasteiger charge is 2.13. The lowest BCUT2D eigenvalue weighted by Crippen LogP contribution is -2.01. The summed E-state index contributed by atoms with van der Waals surface area (Å²) in [6.07, 6.45) is 6.39. The zero-order chi connectivity index (χ0) is 18.6. The fourth-order valence-electron chi connectivity index (χ4n) is 2.55. The lowest BCUT2D eigenvalue weighted by atomic mass is 10.3. The van der Waals surface area contributed by atoms with Gasteiger partial charge in [0, 0.05) is 11.8 Å². The van der Waals surface area contributed by atoms with Gasteiger partial charge in [0.05, 0.1) is 24.9 Å². The number of hydrazone groups is 1. The molecule has 134 valence electrons. The number of rotatable bonds is 5. The Bertz CT molecular complexity index is 1110. The van der Waals surface area contributed by atoms with Crippen molar-refractivity contribution >= 4 is 34.7 Å². The van der Waals surface area contributed by atoms with E-state index in [0.29, 0.717) is 22.4 Å². The van der Waals surface area contributed by atoms with Crippen molar-refractivity contribution in [3.05, 3.63) is 65.8 Å². The number of fused-ring (bicyclic) bond motifs is 1. The third kappa shape index (κ3) is 3.42. The van der Waals surface area contributed by atoms with Gasteiger partial charge in [-0.3, -0.25) is 5.43 Å². The first kappa shape index (κ1) is 16.9. The summed E-state index contributed by atoms with van der Waals surface area (Å²) < 4.78 is 7.11. The number of hydrogen-bond donors (Lipinski definition) is 1. The molecule has 1 aromatic carbocycles. The van der Waals surface area contributed by atoms with Crippen molar-refractivity contribution in [1.82, 2.24) is 24.7 Å². The number of hydrogen-bond acceptors (Lipinski definition) is 7. The number of ether oxygens (including phenoxy) is 1. The normalized spacial score (nSPS) is 11.2. The minimum Gasteiger partial charge on any atom is -0.494 e. The van der Waals surface area contributed by atoms with E-state index in [4.69, 9.17) is 16.3 Å². The van der Waals surface area contributed by atoms with Crippen LogP contribution < -0.4 is 10.2 Å². The van der Waals surface area contributed by atoms with Crippen molar-refractivity contribution in [3.63, 3.8) is 0 Å². The number of nitrogens with zero attached hydrogens (tertiary/aromatic N) is 6. The summed E-state index contributed by atoms with van der Waals surface area (Å²) >= 11 is 5.78. The molecule has 0 aliphatic carbocycles. The van der Waals surface area contributed by atoms with Gasteiger partial charge < -0.3 is 4.74 Å². The predicted octanol–water partition coefficient (Wildman–Crippen LogP) is 3.32. The number of anilines is 1. The highest BCUT2D eigenvalue weighted by atomic mass is 35.5. The van der Waals surface area contributed by atoms with Crippen molar-refractivity contribution in [3.8, 4) is 11.4 Å². The van der Waals surface area contributed by atoms with E-state index in [-0.39, 0.29) is 0 Å². The molecule has 0 bridgehead atoms. The Morgan fingerprint density at radius 2 is 2.00 bits per heavy atom. The van der Waals surface area contributed by atoms with Crippen LogP contribution in [0.5, 0.6) is 5.75 Å². The van der Waals surface area contributed by atoms with Crippen LogP contribution in [-0.4, -0.2) is 38.1 Å². The Morgan fingerprint density at radius 3 is 2.81 bits per heavy atom.